The lowest BCUT2D eigenvalue weighted by molar-refractivity contribution is -0.137. The molecule has 20 heavy (non-hydrogen) atoms. The zero-order valence-corrected chi connectivity index (χ0v) is 11.6. The van der Waals surface area contributed by atoms with E-state index in [9.17, 15) is 9.59 Å². The third-order valence-corrected chi connectivity index (χ3v) is 3.37. The first kappa shape index (κ1) is 14.3. The lowest BCUT2D eigenvalue weighted by atomic mass is 10.2. The summed E-state index contributed by atoms with van der Waals surface area (Å²) in [6.45, 7) is 1.64. The normalized spacial score (nSPS) is 12.1. The summed E-state index contributed by atoms with van der Waals surface area (Å²) in [7, 11) is 0. The molecule has 1 unspecified atom stereocenters. The molecule has 1 amide bonds. The number of amides is 1. The molecule has 106 valence electrons. The minimum atomic E-state index is -0.945. The summed E-state index contributed by atoms with van der Waals surface area (Å²) in [5, 5.41) is 13.1. The highest BCUT2D eigenvalue weighted by Crippen LogP contribution is 2.23. The van der Waals surface area contributed by atoms with Crippen LogP contribution in [0.5, 0.6) is 0 Å². The van der Waals surface area contributed by atoms with E-state index < -0.39 is 12.0 Å². The van der Waals surface area contributed by atoms with Crippen molar-refractivity contribution in [2.45, 2.75) is 25.8 Å². The average molecular weight is 294 g/mol. The summed E-state index contributed by atoms with van der Waals surface area (Å²) in [5.74, 6) is -0.731. The molecule has 0 aromatic carbocycles. The van der Waals surface area contributed by atoms with Crippen molar-refractivity contribution < 1.29 is 19.1 Å². The van der Waals surface area contributed by atoms with Gasteiger partial charge < -0.3 is 14.8 Å². The fourth-order valence-electron chi connectivity index (χ4n) is 1.70. The predicted molar refractivity (Wildman–Crippen MR) is 73.4 cm³/mol. The summed E-state index contributed by atoms with van der Waals surface area (Å²) >= 11 is 1.50. The van der Waals surface area contributed by atoms with Gasteiger partial charge in [0.25, 0.3) is 0 Å². The molecular weight excluding hydrogens is 280 g/mol. The van der Waals surface area contributed by atoms with Crippen molar-refractivity contribution in [3.05, 3.63) is 29.5 Å². The van der Waals surface area contributed by atoms with Crippen LogP contribution >= 0.6 is 11.3 Å². The number of hydrogen-bond acceptors (Lipinski definition) is 5. The van der Waals surface area contributed by atoms with E-state index in [4.69, 9.17) is 9.52 Å². The molecule has 2 aromatic heterocycles. The first-order chi connectivity index (χ1) is 9.54. The highest BCUT2D eigenvalue weighted by atomic mass is 32.1. The van der Waals surface area contributed by atoms with E-state index in [1.54, 1.807) is 6.92 Å². The van der Waals surface area contributed by atoms with Gasteiger partial charge >= 0.3 is 5.97 Å². The molecule has 0 radical (unpaired) electrons. The van der Waals surface area contributed by atoms with Gasteiger partial charge in [0.15, 0.2) is 0 Å². The van der Waals surface area contributed by atoms with Crippen LogP contribution in [0.3, 0.4) is 0 Å². The van der Waals surface area contributed by atoms with Gasteiger partial charge in [0, 0.05) is 6.04 Å². The second-order valence-corrected chi connectivity index (χ2v) is 5.31. The molecule has 2 rings (SSSR count). The smallest absolute Gasteiger partial charge is 0.305 e. The van der Waals surface area contributed by atoms with E-state index in [1.165, 1.54) is 17.6 Å². The predicted octanol–water partition coefficient (Wildman–Crippen LogP) is 1.93. The Morgan fingerprint density at radius 3 is 3.00 bits per heavy atom. The maximum absolute atomic E-state index is 11.7. The number of hydrogen-bond donors (Lipinski definition) is 2. The molecule has 0 aliphatic heterocycles. The van der Waals surface area contributed by atoms with Crippen LogP contribution in [0, 0.1) is 0 Å². The van der Waals surface area contributed by atoms with Gasteiger partial charge in [-0.25, -0.2) is 4.98 Å². The Bertz CT molecular complexity index is 591. The number of aromatic nitrogens is 1. The topological polar surface area (TPSA) is 92.4 Å². The van der Waals surface area contributed by atoms with E-state index >= 15 is 0 Å². The Balaban J connectivity index is 1.90. The number of aliphatic carboxylic acids is 1. The molecule has 0 aliphatic rings. The van der Waals surface area contributed by atoms with Crippen LogP contribution in [0.2, 0.25) is 0 Å². The lowest BCUT2D eigenvalue weighted by Crippen LogP contribution is -2.35. The van der Waals surface area contributed by atoms with Gasteiger partial charge in [-0.05, 0) is 18.4 Å². The van der Waals surface area contributed by atoms with E-state index in [0.29, 0.717) is 11.6 Å². The SMILES string of the molecule is CC(CC(=O)O)NC(=O)Cc1coc(-c2cccs2)n1. The first-order valence-electron chi connectivity index (χ1n) is 6.04. The lowest BCUT2D eigenvalue weighted by Gasteiger charge is -2.10. The van der Waals surface area contributed by atoms with Crippen LogP contribution in [-0.2, 0) is 16.0 Å². The van der Waals surface area contributed by atoms with Gasteiger partial charge in [-0.1, -0.05) is 6.07 Å². The highest BCUT2D eigenvalue weighted by Gasteiger charge is 2.14. The quantitative estimate of drug-likeness (QED) is 0.849. The minimum absolute atomic E-state index is 0.0683. The van der Waals surface area contributed by atoms with Crippen LogP contribution in [0.15, 0.2) is 28.2 Å². The fraction of sp³-hybridized carbons (Fsp3) is 0.308. The number of carboxylic acid groups (broad SMARTS) is 1. The molecule has 0 bridgehead atoms. The molecule has 2 aromatic rings. The van der Waals surface area contributed by atoms with Crippen molar-refractivity contribution in [3.8, 4) is 10.8 Å². The van der Waals surface area contributed by atoms with Crippen LogP contribution in [-0.4, -0.2) is 28.0 Å². The molecule has 0 fully saturated rings. The number of carbonyl (C=O) groups is 2. The van der Waals surface area contributed by atoms with Crippen molar-refractivity contribution in [2.75, 3.05) is 0 Å². The Labute approximate surface area is 119 Å². The number of carboxylic acids is 1. The second kappa shape index (κ2) is 6.33. The van der Waals surface area contributed by atoms with Gasteiger partial charge in [-0.15, -0.1) is 11.3 Å². The third kappa shape index (κ3) is 3.92. The summed E-state index contributed by atoms with van der Waals surface area (Å²) in [6, 6.07) is 3.36. The molecule has 0 saturated carbocycles. The monoisotopic (exact) mass is 294 g/mol. The summed E-state index contributed by atoms with van der Waals surface area (Å²) < 4.78 is 5.30. The second-order valence-electron chi connectivity index (χ2n) is 4.36. The molecule has 0 aliphatic carbocycles. The number of rotatable bonds is 6. The Morgan fingerprint density at radius 2 is 2.35 bits per heavy atom. The van der Waals surface area contributed by atoms with Crippen LogP contribution in [0.1, 0.15) is 19.0 Å². The van der Waals surface area contributed by atoms with Crippen LogP contribution in [0.25, 0.3) is 10.8 Å². The van der Waals surface area contributed by atoms with E-state index in [0.717, 1.165) is 4.88 Å². The van der Waals surface area contributed by atoms with Gasteiger partial charge in [0.1, 0.15) is 6.26 Å². The number of nitrogens with one attached hydrogen (secondary N) is 1. The molecule has 1 atom stereocenters. The average Bonchev–Trinajstić information content (AvgIpc) is 2.96. The molecule has 2 N–H and O–H groups in total. The molecular formula is C13H14N2O4S. The third-order valence-electron chi connectivity index (χ3n) is 2.51. The van der Waals surface area contributed by atoms with Crippen molar-refractivity contribution >= 4 is 23.2 Å². The van der Waals surface area contributed by atoms with Gasteiger partial charge in [-0.2, -0.15) is 0 Å². The highest BCUT2D eigenvalue weighted by molar-refractivity contribution is 7.13. The fourth-order valence-corrected chi connectivity index (χ4v) is 2.36. The standard InChI is InChI=1S/C13H14N2O4S/c1-8(5-12(17)18)14-11(16)6-9-7-19-13(15-9)10-3-2-4-20-10/h2-4,7-8H,5-6H2,1H3,(H,14,16)(H,17,18). The number of carbonyl (C=O) groups excluding carboxylic acids is 1. The maximum atomic E-state index is 11.7. The van der Waals surface area contributed by atoms with E-state index in [-0.39, 0.29) is 18.7 Å². The summed E-state index contributed by atoms with van der Waals surface area (Å²) in [6.07, 6.45) is 1.40. The Hall–Kier alpha value is -2.15. The van der Waals surface area contributed by atoms with Crippen molar-refractivity contribution in [1.82, 2.24) is 10.3 Å². The van der Waals surface area contributed by atoms with Crippen LogP contribution < -0.4 is 5.32 Å². The zero-order valence-electron chi connectivity index (χ0n) is 10.8. The van der Waals surface area contributed by atoms with E-state index in [1.807, 2.05) is 17.5 Å². The van der Waals surface area contributed by atoms with Gasteiger partial charge in [0.05, 0.1) is 23.4 Å². The summed E-state index contributed by atoms with van der Waals surface area (Å²) in [4.78, 5) is 27.4. The molecule has 7 heteroatoms. The Kier molecular flexibility index (Phi) is 4.52. The largest absolute Gasteiger partial charge is 0.481 e. The Morgan fingerprint density at radius 1 is 1.55 bits per heavy atom. The van der Waals surface area contributed by atoms with E-state index in [2.05, 4.69) is 10.3 Å². The zero-order chi connectivity index (χ0) is 14.5. The molecule has 6 nitrogen and oxygen atoms in total. The summed E-state index contributed by atoms with van der Waals surface area (Å²) in [5.41, 5.74) is 0.522. The molecule has 0 saturated heterocycles. The maximum Gasteiger partial charge on any atom is 0.305 e. The first-order valence-corrected chi connectivity index (χ1v) is 6.92. The van der Waals surface area contributed by atoms with Crippen molar-refractivity contribution in [3.63, 3.8) is 0 Å². The van der Waals surface area contributed by atoms with Crippen molar-refractivity contribution in [1.29, 1.82) is 0 Å². The number of oxazole rings is 1. The van der Waals surface area contributed by atoms with Gasteiger partial charge in [-0.3, -0.25) is 9.59 Å². The molecule has 2 heterocycles. The number of nitrogens with zero attached hydrogens (tertiary/aromatic N) is 1. The molecule has 0 spiro atoms. The van der Waals surface area contributed by atoms with Crippen LogP contribution in [0.4, 0.5) is 0 Å². The van der Waals surface area contributed by atoms with Crippen molar-refractivity contribution in [2.24, 2.45) is 0 Å². The number of thiophene rings is 1. The van der Waals surface area contributed by atoms with Gasteiger partial charge in [0.2, 0.25) is 11.8 Å². The minimum Gasteiger partial charge on any atom is -0.481 e.